The Balaban J connectivity index is 1.59. The van der Waals surface area contributed by atoms with Gasteiger partial charge in [0.2, 0.25) is 0 Å². The zero-order chi connectivity index (χ0) is 25.4. The van der Waals surface area contributed by atoms with E-state index in [2.05, 4.69) is 10.1 Å². The highest BCUT2D eigenvalue weighted by molar-refractivity contribution is 7.92. The molecule has 9 nitrogen and oxygen atoms in total. The number of rotatable bonds is 10. The van der Waals surface area contributed by atoms with E-state index >= 15 is 0 Å². The van der Waals surface area contributed by atoms with E-state index in [0.29, 0.717) is 35.0 Å². The molecule has 0 atom stereocenters. The molecule has 0 radical (unpaired) electrons. The van der Waals surface area contributed by atoms with Crippen molar-refractivity contribution in [2.45, 2.75) is 11.8 Å². The summed E-state index contributed by atoms with van der Waals surface area (Å²) < 4.78 is 42.5. The van der Waals surface area contributed by atoms with Gasteiger partial charge in [-0.3, -0.25) is 9.10 Å². The normalized spacial score (nSPS) is 10.8. The van der Waals surface area contributed by atoms with E-state index in [1.807, 2.05) is 6.92 Å². The number of hydrogen-bond donors (Lipinski definition) is 1. The van der Waals surface area contributed by atoms with Crippen molar-refractivity contribution < 1.29 is 32.2 Å². The first kappa shape index (κ1) is 25.6. The van der Waals surface area contributed by atoms with Crippen LogP contribution in [0.4, 0.5) is 11.4 Å². The molecule has 35 heavy (non-hydrogen) atoms. The molecular formula is C25H26N2O7S. The second-order valence-electron chi connectivity index (χ2n) is 7.28. The molecule has 1 N–H and O–H groups in total. The van der Waals surface area contributed by atoms with E-state index in [-0.39, 0.29) is 11.5 Å². The lowest BCUT2D eigenvalue weighted by atomic mass is 10.2. The first-order chi connectivity index (χ1) is 16.7. The predicted molar refractivity (Wildman–Crippen MR) is 132 cm³/mol. The third-order valence-corrected chi connectivity index (χ3v) is 6.73. The Labute approximate surface area is 204 Å². The number of nitrogens with one attached hydrogen (secondary N) is 1. The molecule has 0 aliphatic rings. The van der Waals surface area contributed by atoms with Crippen LogP contribution in [0.3, 0.4) is 0 Å². The largest absolute Gasteiger partial charge is 0.494 e. The highest BCUT2D eigenvalue weighted by Gasteiger charge is 2.21. The van der Waals surface area contributed by atoms with Gasteiger partial charge < -0.3 is 19.5 Å². The molecular weight excluding hydrogens is 472 g/mol. The molecule has 1 amide bonds. The van der Waals surface area contributed by atoms with E-state index < -0.39 is 21.9 Å². The van der Waals surface area contributed by atoms with Crippen LogP contribution in [-0.4, -0.2) is 47.7 Å². The van der Waals surface area contributed by atoms with Crippen molar-refractivity contribution in [2.24, 2.45) is 0 Å². The number of methoxy groups -OCH3 is 1. The quantitative estimate of drug-likeness (QED) is 0.424. The Hall–Kier alpha value is -4.05. The van der Waals surface area contributed by atoms with Gasteiger partial charge in [-0.05, 0) is 73.7 Å². The second-order valence-corrected chi connectivity index (χ2v) is 9.25. The molecule has 0 heterocycles. The first-order valence-electron chi connectivity index (χ1n) is 10.7. The average Bonchev–Trinajstić information content (AvgIpc) is 2.87. The number of amides is 1. The van der Waals surface area contributed by atoms with Gasteiger partial charge in [0.05, 0.1) is 29.9 Å². The highest BCUT2D eigenvalue weighted by Crippen LogP contribution is 2.25. The molecule has 0 spiro atoms. The third-order valence-electron chi connectivity index (χ3n) is 4.93. The van der Waals surface area contributed by atoms with E-state index in [1.54, 1.807) is 54.6 Å². The molecule has 0 saturated carbocycles. The Kier molecular flexibility index (Phi) is 8.32. The lowest BCUT2D eigenvalue weighted by Crippen LogP contribution is -2.26. The van der Waals surface area contributed by atoms with Crippen LogP contribution in [0.25, 0.3) is 0 Å². The highest BCUT2D eigenvalue weighted by atomic mass is 32.2. The van der Waals surface area contributed by atoms with Crippen molar-refractivity contribution in [3.8, 4) is 11.5 Å². The van der Waals surface area contributed by atoms with Crippen LogP contribution in [0, 0.1) is 0 Å². The number of ether oxygens (including phenoxy) is 3. The van der Waals surface area contributed by atoms with Crippen molar-refractivity contribution in [2.75, 3.05) is 37.0 Å². The molecule has 0 unspecified atom stereocenters. The van der Waals surface area contributed by atoms with Crippen LogP contribution >= 0.6 is 0 Å². The van der Waals surface area contributed by atoms with Gasteiger partial charge in [-0.2, -0.15) is 0 Å². The summed E-state index contributed by atoms with van der Waals surface area (Å²) in [5.74, 6) is 0.0492. The molecule has 184 valence electrons. The fraction of sp³-hybridized carbons (Fsp3) is 0.200. The smallest absolute Gasteiger partial charge is 0.337 e. The minimum Gasteiger partial charge on any atom is -0.494 e. The number of anilines is 2. The maximum Gasteiger partial charge on any atom is 0.337 e. The summed E-state index contributed by atoms with van der Waals surface area (Å²) in [5, 5.41) is 2.64. The van der Waals surface area contributed by atoms with Crippen molar-refractivity contribution >= 4 is 33.3 Å². The number of carbonyl (C=O) groups is 2. The third kappa shape index (κ3) is 6.51. The molecule has 0 aliphatic heterocycles. The summed E-state index contributed by atoms with van der Waals surface area (Å²) in [6, 6.07) is 18.9. The number of esters is 1. The topological polar surface area (TPSA) is 111 Å². The number of nitrogens with zero attached hydrogens (tertiary/aromatic N) is 1. The summed E-state index contributed by atoms with van der Waals surface area (Å²) >= 11 is 0. The van der Waals surface area contributed by atoms with Gasteiger partial charge in [0, 0.05) is 12.7 Å². The molecule has 0 aliphatic carbocycles. The molecule has 0 saturated heterocycles. The van der Waals surface area contributed by atoms with Crippen LogP contribution in [0.5, 0.6) is 11.5 Å². The van der Waals surface area contributed by atoms with Crippen LogP contribution in [0.1, 0.15) is 17.3 Å². The minimum atomic E-state index is -3.77. The lowest BCUT2D eigenvalue weighted by molar-refractivity contribution is -0.118. The number of hydrogen-bond acceptors (Lipinski definition) is 7. The number of sulfonamides is 1. The lowest BCUT2D eigenvalue weighted by Gasteiger charge is -2.20. The molecule has 0 fully saturated rings. The van der Waals surface area contributed by atoms with Crippen molar-refractivity contribution in [3.05, 3.63) is 78.4 Å². The van der Waals surface area contributed by atoms with Crippen molar-refractivity contribution in [3.63, 3.8) is 0 Å². The number of benzene rings is 3. The van der Waals surface area contributed by atoms with Gasteiger partial charge in [0.25, 0.3) is 15.9 Å². The zero-order valence-electron chi connectivity index (χ0n) is 19.6. The maximum absolute atomic E-state index is 12.9. The van der Waals surface area contributed by atoms with Gasteiger partial charge in [-0.15, -0.1) is 0 Å². The van der Waals surface area contributed by atoms with Crippen molar-refractivity contribution in [1.82, 2.24) is 0 Å². The number of carbonyl (C=O) groups excluding carboxylic acids is 2. The van der Waals surface area contributed by atoms with Gasteiger partial charge in [-0.25, -0.2) is 13.2 Å². The van der Waals surface area contributed by atoms with Gasteiger partial charge in [-0.1, -0.05) is 6.07 Å². The molecule has 0 aromatic heterocycles. The monoisotopic (exact) mass is 498 g/mol. The van der Waals surface area contributed by atoms with Gasteiger partial charge >= 0.3 is 5.97 Å². The van der Waals surface area contributed by atoms with E-state index in [0.717, 1.165) is 4.31 Å². The summed E-state index contributed by atoms with van der Waals surface area (Å²) in [4.78, 5) is 24.0. The Morgan fingerprint density at radius 1 is 0.914 bits per heavy atom. The summed E-state index contributed by atoms with van der Waals surface area (Å²) in [7, 11) is -1.03. The van der Waals surface area contributed by atoms with E-state index in [1.165, 1.54) is 32.4 Å². The first-order valence-corrected chi connectivity index (χ1v) is 12.1. The SMILES string of the molecule is CCOc1ccc(S(=O)(=O)N(C)c2ccc(OCC(=O)Nc3cccc(C(=O)OC)c3)cc2)cc1. The van der Waals surface area contributed by atoms with Crippen LogP contribution < -0.4 is 19.1 Å². The maximum atomic E-state index is 12.9. The molecule has 10 heteroatoms. The van der Waals surface area contributed by atoms with Crippen LogP contribution in [-0.2, 0) is 19.6 Å². The van der Waals surface area contributed by atoms with Gasteiger partial charge in [0.1, 0.15) is 11.5 Å². The minimum absolute atomic E-state index is 0.136. The summed E-state index contributed by atoms with van der Waals surface area (Å²) in [6.45, 7) is 2.07. The van der Waals surface area contributed by atoms with Gasteiger partial charge in [0.15, 0.2) is 6.61 Å². The van der Waals surface area contributed by atoms with Crippen molar-refractivity contribution in [1.29, 1.82) is 0 Å². The Morgan fingerprint density at radius 2 is 1.54 bits per heavy atom. The molecule has 3 aromatic carbocycles. The zero-order valence-corrected chi connectivity index (χ0v) is 20.4. The van der Waals surface area contributed by atoms with Crippen LogP contribution in [0.2, 0.25) is 0 Å². The standard InChI is InChI=1S/C25H26N2O7S/c1-4-33-21-12-14-23(15-13-21)35(30,31)27(2)20-8-10-22(11-9-20)34-17-24(28)26-19-7-5-6-18(16-19)25(29)32-3/h5-16H,4,17H2,1-3H3,(H,26,28). The summed E-state index contributed by atoms with van der Waals surface area (Å²) in [5.41, 5.74) is 1.17. The average molecular weight is 499 g/mol. The fourth-order valence-electron chi connectivity index (χ4n) is 3.11. The predicted octanol–water partition coefficient (Wildman–Crippen LogP) is 3.71. The molecule has 3 rings (SSSR count). The molecule has 3 aromatic rings. The second kappa shape index (κ2) is 11.4. The Morgan fingerprint density at radius 3 is 2.17 bits per heavy atom. The summed E-state index contributed by atoms with van der Waals surface area (Å²) in [6.07, 6.45) is 0. The fourth-order valence-corrected chi connectivity index (χ4v) is 4.31. The van der Waals surface area contributed by atoms with E-state index in [4.69, 9.17) is 9.47 Å². The van der Waals surface area contributed by atoms with E-state index in [9.17, 15) is 18.0 Å². The molecule has 0 bridgehead atoms. The Bertz CT molecular complexity index is 1270. The van der Waals surface area contributed by atoms with Crippen LogP contribution in [0.15, 0.2) is 77.7 Å².